The van der Waals surface area contributed by atoms with Gasteiger partial charge in [-0.3, -0.25) is 15.0 Å². The van der Waals surface area contributed by atoms with Crippen molar-refractivity contribution >= 4 is 34.4 Å². The minimum Gasteiger partial charge on any atom is -0.490 e. The molecule has 1 saturated heterocycles. The number of hydrogen-bond acceptors (Lipinski definition) is 4. The second-order valence-corrected chi connectivity index (χ2v) is 8.84. The Kier molecular flexibility index (Phi) is 7.22. The Labute approximate surface area is 221 Å². The molecule has 0 aromatic heterocycles. The molecular formula is C32H28N2O4. The number of hydrazine groups is 1. The number of carbonyl (C=O) groups excluding carboxylic acids is 2. The summed E-state index contributed by atoms with van der Waals surface area (Å²) in [7, 11) is 0. The maximum absolute atomic E-state index is 13.1. The summed E-state index contributed by atoms with van der Waals surface area (Å²) >= 11 is 0. The molecule has 0 unspecified atom stereocenters. The van der Waals surface area contributed by atoms with Crippen LogP contribution in [0.5, 0.6) is 11.5 Å². The summed E-state index contributed by atoms with van der Waals surface area (Å²) in [6.45, 7) is 6.59. The van der Waals surface area contributed by atoms with E-state index in [1.165, 1.54) is 5.01 Å². The third-order valence-corrected chi connectivity index (χ3v) is 6.29. The van der Waals surface area contributed by atoms with Crippen LogP contribution in [0.4, 0.5) is 5.69 Å². The Bertz CT molecular complexity index is 1540. The van der Waals surface area contributed by atoms with Gasteiger partial charge in [0.15, 0.2) is 11.5 Å². The van der Waals surface area contributed by atoms with Gasteiger partial charge in [0.2, 0.25) is 0 Å². The lowest BCUT2D eigenvalue weighted by atomic mass is 10.0. The number of allylic oxidation sites excluding steroid dienone is 1. The van der Waals surface area contributed by atoms with Crippen LogP contribution in [-0.2, 0) is 22.6 Å². The zero-order valence-electron chi connectivity index (χ0n) is 21.1. The van der Waals surface area contributed by atoms with Crippen molar-refractivity contribution in [2.75, 3.05) is 11.6 Å². The maximum atomic E-state index is 13.1. The van der Waals surface area contributed by atoms with Crippen molar-refractivity contribution in [3.8, 4) is 11.5 Å². The number of hydrogen-bond donors (Lipinski definition) is 1. The zero-order chi connectivity index (χ0) is 26.5. The third-order valence-electron chi connectivity index (χ3n) is 6.29. The number of para-hydroxylation sites is 1. The Hall–Kier alpha value is -4.84. The van der Waals surface area contributed by atoms with Crippen LogP contribution in [0.25, 0.3) is 16.8 Å². The quantitative estimate of drug-likeness (QED) is 0.172. The molecule has 190 valence electrons. The van der Waals surface area contributed by atoms with E-state index in [4.69, 9.17) is 9.47 Å². The summed E-state index contributed by atoms with van der Waals surface area (Å²) in [6.07, 6.45) is 3.90. The Morgan fingerprint density at radius 3 is 2.45 bits per heavy atom. The number of carbonyl (C=O) groups is 2. The lowest BCUT2D eigenvalue weighted by molar-refractivity contribution is -0.117. The zero-order valence-corrected chi connectivity index (χ0v) is 21.1. The van der Waals surface area contributed by atoms with E-state index in [2.05, 4.69) is 36.3 Å². The summed E-state index contributed by atoms with van der Waals surface area (Å²) < 4.78 is 12.3. The summed E-state index contributed by atoms with van der Waals surface area (Å²) in [5.41, 5.74) is 5.86. The first-order valence-electron chi connectivity index (χ1n) is 12.5. The average molecular weight is 505 g/mol. The highest BCUT2D eigenvalue weighted by molar-refractivity contribution is 6.31. The lowest BCUT2D eigenvalue weighted by Crippen LogP contribution is -2.35. The molecule has 6 heteroatoms. The maximum Gasteiger partial charge on any atom is 0.282 e. The number of ether oxygens (including phenoxy) is 2. The van der Waals surface area contributed by atoms with Gasteiger partial charge in [0.1, 0.15) is 12.2 Å². The fraction of sp³-hybridized carbons (Fsp3) is 0.125. The van der Waals surface area contributed by atoms with Crippen molar-refractivity contribution in [2.45, 2.75) is 20.0 Å². The van der Waals surface area contributed by atoms with Crippen LogP contribution in [-0.4, -0.2) is 18.4 Å². The van der Waals surface area contributed by atoms with Crippen molar-refractivity contribution < 1.29 is 19.1 Å². The van der Waals surface area contributed by atoms with Crippen LogP contribution in [0.1, 0.15) is 23.6 Å². The smallest absolute Gasteiger partial charge is 0.282 e. The van der Waals surface area contributed by atoms with Gasteiger partial charge in [0.25, 0.3) is 11.8 Å². The highest BCUT2D eigenvalue weighted by atomic mass is 16.5. The molecule has 1 heterocycles. The van der Waals surface area contributed by atoms with E-state index in [9.17, 15) is 9.59 Å². The first-order chi connectivity index (χ1) is 18.6. The van der Waals surface area contributed by atoms with Crippen LogP contribution in [0.15, 0.2) is 103 Å². The van der Waals surface area contributed by atoms with Crippen LogP contribution >= 0.6 is 0 Å². The van der Waals surface area contributed by atoms with Crippen LogP contribution in [0.2, 0.25) is 0 Å². The average Bonchev–Trinajstić information content (AvgIpc) is 3.22. The molecule has 5 rings (SSSR count). The van der Waals surface area contributed by atoms with E-state index < -0.39 is 11.8 Å². The molecule has 6 nitrogen and oxygen atoms in total. The number of benzene rings is 4. The van der Waals surface area contributed by atoms with Crippen LogP contribution in [0, 0.1) is 0 Å². The Morgan fingerprint density at radius 2 is 1.66 bits per heavy atom. The fourth-order valence-corrected chi connectivity index (χ4v) is 4.55. The minimum atomic E-state index is -0.460. The van der Waals surface area contributed by atoms with E-state index in [0.717, 1.165) is 21.9 Å². The first-order valence-corrected chi connectivity index (χ1v) is 12.5. The van der Waals surface area contributed by atoms with Gasteiger partial charge >= 0.3 is 0 Å². The van der Waals surface area contributed by atoms with Gasteiger partial charge in [-0.1, -0.05) is 66.7 Å². The molecule has 0 radical (unpaired) electrons. The van der Waals surface area contributed by atoms with E-state index in [1.54, 1.807) is 30.4 Å². The molecule has 1 N–H and O–H groups in total. The minimum absolute atomic E-state index is 0.0466. The normalized spacial score (nSPS) is 14.1. The summed E-state index contributed by atoms with van der Waals surface area (Å²) in [5, 5.41) is 3.54. The highest BCUT2D eigenvalue weighted by Crippen LogP contribution is 2.36. The van der Waals surface area contributed by atoms with Crippen molar-refractivity contribution in [1.29, 1.82) is 0 Å². The Morgan fingerprint density at radius 1 is 0.895 bits per heavy atom. The Balaban J connectivity index is 1.48. The largest absolute Gasteiger partial charge is 0.490 e. The number of fused-ring (bicyclic) bond motifs is 1. The summed E-state index contributed by atoms with van der Waals surface area (Å²) in [5.74, 6) is 0.290. The second kappa shape index (κ2) is 11.0. The van der Waals surface area contributed by atoms with Gasteiger partial charge in [0.05, 0.1) is 12.3 Å². The molecule has 0 bridgehead atoms. The summed E-state index contributed by atoms with van der Waals surface area (Å²) in [4.78, 5) is 25.8. The molecule has 1 fully saturated rings. The molecule has 4 aromatic rings. The molecule has 0 atom stereocenters. The van der Waals surface area contributed by atoms with E-state index >= 15 is 0 Å². The van der Waals surface area contributed by atoms with Crippen molar-refractivity contribution in [2.24, 2.45) is 0 Å². The van der Waals surface area contributed by atoms with Gasteiger partial charge < -0.3 is 9.47 Å². The van der Waals surface area contributed by atoms with Gasteiger partial charge in [-0.2, -0.15) is 0 Å². The molecule has 38 heavy (non-hydrogen) atoms. The SMILES string of the molecule is C=CCc1cc(/C=C2/C(=O)NN(c3ccccc3)C2=O)cc(OCC)c1OCc1cccc2ccccc12. The predicted molar refractivity (Wildman–Crippen MR) is 150 cm³/mol. The lowest BCUT2D eigenvalue weighted by Gasteiger charge is -2.17. The number of nitrogens with zero attached hydrogens (tertiary/aromatic N) is 1. The molecule has 0 aliphatic carbocycles. The number of amides is 2. The van der Waals surface area contributed by atoms with E-state index in [1.807, 2.05) is 49.4 Å². The second-order valence-electron chi connectivity index (χ2n) is 8.84. The van der Waals surface area contributed by atoms with E-state index in [0.29, 0.717) is 42.4 Å². The molecular weight excluding hydrogens is 476 g/mol. The molecule has 0 spiro atoms. The topological polar surface area (TPSA) is 67.9 Å². The van der Waals surface area contributed by atoms with Gasteiger partial charge in [0, 0.05) is 5.56 Å². The third kappa shape index (κ3) is 5.02. The molecule has 2 amide bonds. The van der Waals surface area contributed by atoms with Gasteiger partial charge in [-0.25, -0.2) is 5.01 Å². The number of anilines is 1. The molecule has 4 aromatic carbocycles. The monoisotopic (exact) mass is 504 g/mol. The van der Waals surface area contributed by atoms with Crippen LogP contribution < -0.4 is 19.9 Å². The fourth-order valence-electron chi connectivity index (χ4n) is 4.55. The van der Waals surface area contributed by atoms with Gasteiger partial charge in [-0.15, -0.1) is 6.58 Å². The number of rotatable bonds is 9. The van der Waals surface area contributed by atoms with Crippen molar-refractivity contribution in [1.82, 2.24) is 5.43 Å². The van der Waals surface area contributed by atoms with Crippen molar-refractivity contribution in [3.05, 3.63) is 120 Å². The first kappa shape index (κ1) is 24.8. The predicted octanol–water partition coefficient (Wildman–Crippen LogP) is 6.01. The number of nitrogens with one attached hydrogen (secondary N) is 1. The van der Waals surface area contributed by atoms with Gasteiger partial charge in [-0.05, 0) is 65.6 Å². The van der Waals surface area contributed by atoms with Crippen molar-refractivity contribution in [3.63, 3.8) is 0 Å². The molecule has 1 aliphatic heterocycles. The van der Waals surface area contributed by atoms with Crippen LogP contribution in [0.3, 0.4) is 0 Å². The molecule has 0 saturated carbocycles. The summed E-state index contributed by atoms with van der Waals surface area (Å²) in [6, 6.07) is 27.0. The highest BCUT2D eigenvalue weighted by Gasteiger charge is 2.34. The standard InChI is InChI=1S/C32H28N2O4/c1-3-11-24-18-22(19-28-31(35)33-34(32(28)36)26-15-6-5-7-16-26)20-29(37-4-2)30(24)38-21-25-14-10-13-23-12-8-9-17-27(23)25/h3,5-10,12-20H,1,4,11,21H2,2H3,(H,33,35)/b28-19-. The van der Waals surface area contributed by atoms with E-state index in [-0.39, 0.29) is 5.57 Å². The molecule has 1 aliphatic rings.